The summed E-state index contributed by atoms with van der Waals surface area (Å²) in [5.74, 6) is -0.227. The summed E-state index contributed by atoms with van der Waals surface area (Å²) < 4.78 is 4.68. The fraction of sp³-hybridized carbons (Fsp3) is 0.0833. The fourth-order valence-electron chi connectivity index (χ4n) is 2.05. The number of aromatic hydroxyl groups is 1. The van der Waals surface area contributed by atoms with Crippen molar-refractivity contribution >= 4 is 16.7 Å². The molecule has 0 radical (unpaired) electrons. The van der Waals surface area contributed by atoms with Gasteiger partial charge in [-0.1, -0.05) is 6.07 Å². The molecule has 0 spiro atoms. The van der Waals surface area contributed by atoms with E-state index in [2.05, 4.69) is 14.9 Å². The lowest BCUT2D eigenvalue weighted by Crippen LogP contribution is -2.02. The molecule has 1 aliphatic heterocycles. The standard InChI is InChI=1S/C12H10N2O3/c1-17-12(16)11-9-4-6-2-3-7(15)5-8(6)10(9)13-14-11/h2-5,13-15H,1H3. The van der Waals surface area contributed by atoms with E-state index in [1.54, 1.807) is 18.2 Å². The van der Waals surface area contributed by atoms with Crippen LogP contribution in [0.4, 0.5) is 0 Å². The number of fused-ring (bicyclic) bond motifs is 3. The number of benzene rings is 1. The van der Waals surface area contributed by atoms with Gasteiger partial charge in [0.1, 0.15) is 11.4 Å². The minimum absolute atomic E-state index is 0.194. The van der Waals surface area contributed by atoms with E-state index in [1.807, 2.05) is 6.07 Å². The molecular weight excluding hydrogens is 220 g/mol. The molecule has 0 saturated heterocycles. The second-order valence-corrected chi connectivity index (χ2v) is 3.82. The Bertz CT molecular complexity index is 680. The number of ether oxygens (including phenoxy) is 1. The molecular formula is C12H10N2O3. The Morgan fingerprint density at radius 2 is 2.12 bits per heavy atom. The minimum Gasteiger partial charge on any atom is -0.508 e. The van der Waals surface area contributed by atoms with Gasteiger partial charge in [0, 0.05) is 10.9 Å². The van der Waals surface area contributed by atoms with Gasteiger partial charge in [0.2, 0.25) is 0 Å². The van der Waals surface area contributed by atoms with E-state index in [1.165, 1.54) is 7.11 Å². The molecule has 2 aliphatic rings. The Labute approximate surface area is 96.3 Å². The molecule has 0 unspecified atom stereocenters. The van der Waals surface area contributed by atoms with Crippen LogP contribution in [0.2, 0.25) is 0 Å². The molecule has 5 nitrogen and oxygen atoms in total. The summed E-state index contributed by atoms with van der Waals surface area (Å²) in [6, 6.07) is 6.95. The van der Waals surface area contributed by atoms with Crippen molar-refractivity contribution in [3.05, 3.63) is 30.0 Å². The topological polar surface area (TPSA) is 78.1 Å². The third-order valence-corrected chi connectivity index (χ3v) is 2.85. The van der Waals surface area contributed by atoms with Gasteiger partial charge in [0.15, 0.2) is 0 Å². The first-order chi connectivity index (χ1) is 8.20. The van der Waals surface area contributed by atoms with Crippen LogP contribution in [0.5, 0.6) is 5.75 Å². The van der Waals surface area contributed by atoms with E-state index >= 15 is 0 Å². The number of hydrogen-bond acceptors (Lipinski definition) is 3. The van der Waals surface area contributed by atoms with E-state index in [0.29, 0.717) is 5.69 Å². The highest BCUT2D eigenvalue weighted by atomic mass is 16.5. The molecule has 86 valence electrons. The maximum absolute atomic E-state index is 11.5. The van der Waals surface area contributed by atoms with Gasteiger partial charge in [0.05, 0.1) is 12.8 Å². The summed E-state index contributed by atoms with van der Waals surface area (Å²) in [4.78, 5) is 11.5. The predicted molar refractivity (Wildman–Crippen MR) is 62.3 cm³/mol. The fourth-order valence-corrected chi connectivity index (χ4v) is 2.05. The molecule has 0 bridgehead atoms. The number of carbonyl (C=O) groups excluding carboxylic acids is 1. The summed E-state index contributed by atoms with van der Waals surface area (Å²) in [5.41, 5.74) is 1.94. The summed E-state index contributed by atoms with van der Waals surface area (Å²) in [6.45, 7) is 0. The quantitative estimate of drug-likeness (QED) is 0.560. The van der Waals surface area contributed by atoms with Crippen LogP contribution in [0.25, 0.3) is 22.0 Å². The second kappa shape index (κ2) is 3.28. The Morgan fingerprint density at radius 3 is 2.88 bits per heavy atom. The first-order valence-electron chi connectivity index (χ1n) is 5.11. The zero-order valence-electron chi connectivity index (χ0n) is 9.07. The molecule has 5 heteroatoms. The normalized spacial score (nSPS) is 11.1. The van der Waals surface area contributed by atoms with Crippen molar-refractivity contribution in [1.82, 2.24) is 10.2 Å². The highest BCUT2D eigenvalue weighted by Gasteiger charge is 2.21. The Balaban J connectivity index is 2.29. The van der Waals surface area contributed by atoms with Crippen molar-refractivity contribution in [2.45, 2.75) is 0 Å². The number of aromatic amines is 2. The van der Waals surface area contributed by atoms with E-state index in [9.17, 15) is 9.90 Å². The van der Waals surface area contributed by atoms with Crippen molar-refractivity contribution in [1.29, 1.82) is 0 Å². The Morgan fingerprint density at radius 1 is 1.29 bits per heavy atom. The molecule has 0 saturated carbocycles. The molecule has 0 aromatic heterocycles. The van der Waals surface area contributed by atoms with E-state index in [-0.39, 0.29) is 5.75 Å². The molecule has 17 heavy (non-hydrogen) atoms. The third-order valence-electron chi connectivity index (χ3n) is 2.85. The van der Waals surface area contributed by atoms with Crippen LogP contribution in [0.1, 0.15) is 10.5 Å². The number of hydrogen-bond donors (Lipinski definition) is 3. The predicted octanol–water partition coefficient (Wildman–Crippen LogP) is 2.09. The van der Waals surface area contributed by atoms with Gasteiger partial charge in [-0.3, -0.25) is 10.2 Å². The lowest BCUT2D eigenvalue weighted by molar-refractivity contribution is 0.0595. The molecule has 0 amide bonds. The first-order valence-corrected chi connectivity index (χ1v) is 5.11. The number of H-pyrrole nitrogens is 2. The number of methoxy groups -OCH3 is 1. The Kier molecular flexibility index (Phi) is 1.89. The first kappa shape index (κ1) is 9.77. The van der Waals surface area contributed by atoms with Crippen molar-refractivity contribution in [3.8, 4) is 17.0 Å². The van der Waals surface area contributed by atoms with Gasteiger partial charge < -0.3 is 9.84 Å². The molecule has 3 rings (SSSR count). The van der Waals surface area contributed by atoms with Crippen LogP contribution >= 0.6 is 0 Å². The van der Waals surface area contributed by atoms with Gasteiger partial charge in [0.25, 0.3) is 0 Å². The lowest BCUT2D eigenvalue weighted by atomic mass is 10.2. The van der Waals surface area contributed by atoms with Crippen molar-refractivity contribution in [2.75, 3.05) is 7.11 Å². The number of rotatable bonds is 1. The summed E-state index contributed by atoms with van der Waals surface area (Å²) in [5, 5.41) is 17.0. The second-order valence-electron chi connectivity index (χ2n) is 3.82. The average molecular weight is 230 g/mol. The number of nitrogens with one attached hydrogen (secondary N) is 2. The van der Waals surface area contributed by atoms with Crippen molar-refractivity contribution in [3.63, 3.8) is 0 Å². The van der Waals surface area contributed by atoms with Gasteiger partial charge in [-0.05, 0) is 23.6 Å². The van der Waals surface area contributed by atoms with Crippen molar-refractivity contribution in [2.24, 2.45) is 0 Å². The zero-order valence-corrected chi connectivity index (χ0v) is 9.07. The zero-order chi connectivity index (χ0) is 12.0. The summed E-state index contributed by atoms with van der Waals surface area (Å²) in [7, 11) is 1.34. The van der Waals surface area contributed by atoms with E-state index < -0.39 is 5.97 Å². The number of esters is 1. The molecule has 3 N–H and O–H groups in total. The maximum atomic E-state index is 11.5. The minimum atomic E-state index is -0.421. The average Bonchev–Trinajstić information content (AvgIpc) is 2.87. The smallest absolute Gasteiger partial charge is 0.356 e. The lowest BCUT2D eigenvalue weighted by Gasteiger charge is -1.94. The number of phenolic OH excluding ortho intramolecular Hbond substituents is 1. The molecule has 0 fully saturated rings. The van der Waals surface area contributed by atoms with Gasteiger partial charge in [-0.15, -0.1) is 0 Å². The SMILES string of the molecule is COC(=O)c1[nH][nH]c2c3cc(O)ccc3cc1-2. The molecule has 1 aromatic carbocycles. The van der Waals surface area contributed by atoms with Crippen LogP contribution in [0, 0.1) is 0 Å². The summed E-state index contributed by atoms with van der Waals surface area (Å²) in [6.07, 6.45) is 0. The van der Waals surface area contributed by atoms with Crippen LogP contribution in [0.15, 0.2) is 24.3 Å². The third kappa shape index (κ3) is 1.29. The van der Waals surface area contributed by atoms with Crippen LogP contribution in [0.3, 0.4) is 0 Å². The van der Waals surface area contributed by atoms with E-state index in [0.717, 1.165) is 22.0 Å². The highest BCUT2D eigenvalue weighted by Crippen LogP contribution is 2.36. The van der Waals surface area contributed by atoms with Crippen LogP contribution < -0.4 is 0 Å². The molecule has 1 heterocycles. The van der Waals surface area contributed by atoms with Crippen LogP contribution in [-0.2, 0) is 4.74 Å². The number of carbonyl (C=O) groups is 1. The summed E-state index contributed by atoms with van der Waals surface area (Å²) >= 11 is 0. The van der Waals surface area contributed by atoms with Crippen LogP contribution in [-0.4, -0.2) is 28.4 Å². The van der Waals surface area contributed by atoms with Gasteiger partial charge in [-0.25, -0.2) is 4.79 Å². The van der Waals surface area contributed by atoms with E-state index in [4.69, 9.17) is 0 Å². The number of aromatic nitrogens is 2. The Hall–Kier alpha value is -2.43. The number of phenols is 1. The molecule has 1 aliphatic carbocycles. The largest absolute Gasteiger partial charge is 0.508 e. The highest BCUT2D eigenvalue weighted by molar-refractivity contribution is 6.07. The molecule has 1 aromatic rings. The van der Waals surface area contributed by atoms with Crippen molar-refractivity contribution < 1.29 is 14.6 Å². The van der Waals surface area contributed by atoms with Gasteiger partial charge in [-0.2, -0.15) is 0 Å². The van der Waals surface area contributed by atoms with Gasteiger partial charge >= 0.3 is 5.97 Å². The maximum Gasteiger partial charge on any atom is 0.356 e. The monoisotopic (exact) mass is 230 g/mol. The molecule has 0 atom stereocenters.